The van der Waals surface area contributed by atoms with E-state index in [-0.39, 0.29) is 28.7 Å². The van der Waals surface area contributed by atoms with Gasteiger partial charge in [0.1, 0.15) is 0 Å². The highest BCUT2D eigenvalue weighted by atomic mass is 32.2. The molecule has 162 valence electrons. The second kappa shape index (κ2) is 9.69. The summed E-state index contributed by atoms with van der Waals surface area (Å²) in [6, 6.07) is 5.91. The summed E-state index contributed by atoms with van der Waals surface area (Å²) in [6.45, 7) is 7.13. The molecule has 0 spiro atoms. The van der Waals surface area contributed by atoms with Gasteiger partial charge in [-0.15, -0.1) is 0 Å². The molecule has 1 unspecified atom stereocenters. The molecule has 8 nitrogen and oxygen atoms in total. The third-order valence-corrected chi connectivity index (χ3v) is 7.21. The molecule has 0 aromatic heterocycles. The van der Waals surface area contributed by atoms with Crippen molar-refractivity contribution in [2.45, 2.75) is 44.6 Å². The van der Waals surface area contributed by atoms with E-state index in [0.717, 1.165) is 4.47 Å². The van der Waals surface area contributed by atoms with Gasteiger partial charge in [0.05, 0.1) is 12.0 Å². The Morgan fingerprint density at radius 2 is 1.69 bits per heavy atom. The Hall–Kier alpha value is -1.97. The van der Waals surface area contributed by atoms with Crippen LogP contribution >= 0.6 is 0 Å². The third-order valence-electron chi connectivity index (χ3n) is 5.52. The van der Waals surface area contributed by atoms with Gasteiger partial charge in [0.2, 0.25) is 5.91 Å². The van der Waals surface area contributed by atoms with Crippen LogP contribution in [0.15, 0.2) is 29.2 Å². The molecule has 1 fully saturated rings. The number of carbonyl (C=O) groups excluding carboxylic acids is 2. The average Bonchev–Trinajstić information content (AvgIpc) is 2.72. The maximum absolute atomic E-state index is 12.7. The van der Waals surface area contributed by atoms with Crippen LogP contribution in [0.4, 0.5) is 0 Å². The molecule has 29 heavy (non-hydrogen) atoms. The van der Waals surface area contributed by atoms with Crippen LogP contribution in [0.25, 0.3) is 0 Å². The van der Waals surface area contributed by atoms with Crippen LogP contribution in [0.1, 0.15) is 44.0 Å². The molecule has 1 aromatic rings. The van der Waals surface area contributed by atoms with Crippen molar-refractivity contribution in [1.29, 1.82) is 0 Å². The van der Waals surface area contributed by atoms with Gasteiger partial charge < -0.3 is 10.2 Å². The predicted octanol–water partition coefficient (Wildman–Crippen LogP) is 1.88. The zero-order valence-electron chi connectivity index (χ0n) is 17.7. The monoisotopic (exact) mass is 425 g/mol. The topological polar surface area (TPSA) is 96.0 Å². The summed E-state index contributed by atoms with van der Waals surface area (Å²) >= 11 is 0. The van der Waals surface area contributed by atoms with E-state index in [1.807, 2.05) is 6.92 Å². The number of amides is 2. The van der Waals surface area contributed by atoms with E-state index in [1.54, 1.807) is 4.90 Å². The minimum Gasteiger partial charge on any atom is -0.353 e. The Labute approximate surface area is 173 Å². The van der Waals surface area contributed by atoms with Gasteiger partial charge in [0, 0.05) is 37.7 Å². The van der Waals surface area contributed by atoms with Gasteiger partial charge in [-0.3, -0.25) is 14.4 Å². The largest absolute Gasteiger partial charge is 0.353 e. The number of rotatable bonds is 7. The smallest absolute Gasteiger partial charge is 0.264 e. The summed E-state index contributed by atoms with van der Waals surface area (Å²) in [5.74, 6) is 0.173. The van der Waals surface area contributed by atoms with Crippen LogP contribution in [-0.2, 0) is 19.7 Å². The fourth-order valence-electron chi connectivity index (χ4n) is 3.05. The summed E-state index contributed by atoms with van der Waals surface area (Å²) in [7, 11) is -1.18. The number of benzene rings is 1. The van der Waals surface area contributed by atoms with Gasteiger partial charge in [-0.2, -0.15) is 0 Å². The Kier molecular flexibility index (Phi) is 7.79. The van der Waals surface area contributed by atoms with E-state index in [4.69, 9.17) is 4.84 Å². The number of hydroxylamine groups is 1. The quantitative estimate of drug-likeness (QED) is 0.673. The molecule has 0 radical (unpaired) electrons. The summed E-state index contributed by atoms with van der Waals surface area (Å²) in [6.07, 6.45) is 1.24. The lowest BCUT2D eigenvalue weighted by molar-refractivity contribution is -0.127. The molecule has 1 aromatic carbocycles. The van der Waals surface area contributed by atoms with Crippen molar-refractivity contribution >= 4 is 21.8 Å². The van der Waals surface area contributed by atoms with Crippen LogP contribution in [0, 0.1) is 11.8 Å². The number of hydrogen-bond acceptors (Lipinski definition) is 5. The summed E-state index contributed by atoms with van der Waals surface area (Å²) in [4.78, 5) is 31.6. The first kappa shape index (κ1) is 23.3. The maximum Gasteiger partial charge on any atom is 0.264 e. The van der Waals surface area contributed by atoms with Crippen molar-refractivity contribution in [2.24, 2.45) is 11.8 Å². The van der Waals surface area contributed by atoms with Gasteiger partial charge in [-0.25, -0.2) is 8.42 Å². The Morgan fingerprint density at radius 1 is 1.14 bits per heavy atom. The maximum atomic E-state index is 12.7. The Balaban J connectivity index is 1.96. The van der Waals surface area contributed by atoms with Crippen molar-refractivity contribution in [1.82, 2.24) is 14.7 Å². The molecule has 1 aliphatic heterocycles. The van der Waals surface area contributed by atoms with E-state index in [0.29, 0.717) is 37.4 Å². The number of hydrogen-bond donors (Lipinski definition) is 1. The van der Waals surface area contributed by atoms with Crippen molar-refractivity contribution in [3.8, 4) is 0 Å². The molecule has 0 bridgehead atoms. The highest BCUT2D eigenvalue weighted by Gasteiger charge is 2.29. The Bertz CT molecular complexity index is 815. The van der Waals surface area contributed by atoms with E-state index in [1.165, 1.54) is 38.4 Å². The van der Waals surface area contributed by atoms with E-state index >= 15 is 0 Å². The fourth-order valence-corrected chi connectivity index (χ4v) is 4.03. The van der Waals surface area contributed by atoms with Gasteiger partial charge >= 0.3 is 0 Å². The lowest BCUT2D eigenvalue weighted by Crippen LogP contribution is -2.45. The zero-order chi connectivity index (χ0) is 21.8. The van der Waals surface area contributed by atoms with Gasteiger partial charge in [0.25, 0.3) is 15.9 Å². The van der Waals surface area contributed by atoms with E-state index in [9.17, 15) is 18.0 Å². The number of piperidine rings is 1. The van der Waals surface area contributed by atoms with Crippen molar-refractivity contribution in [2.75, 3.05) is 27.2 Å². The molecule has 9 heteroatoms. The second-order valence-corrected chi connectivity index (χ2v) is 9.67. The van der Waals surface area contributed by atoms with Gasteiger partial charge in [-0.1, -0.05) is 18.3 Å². The molecule has 1 N–H and O–H groups in total. The SMILES string of the molecule is CON(C)S(=O)(=O)c1ccc(C(=O)N2CCC(C(=O)NC(C)C(C)C)CC2)cc1. The summed E-state index contributed by atoms with van der Waals surface area (Å²) < 4.78 is 25.2. The minimum absolute atomic E-state index is 0.0491. The second-order valence-electron chi connectivity index (χ2n) is 7.73. The summed E-state index contributed by atoms with van der Waals surface area (Å²) in [5, 5.41) is 3.05. The predicted molar refractivity (Wildman–Crippen MR) is 109 cm³/mol. The highest BCUT2D eigenvalue weighted by molar-refractivity contribution is 7.89. The molecule has 2 rings (SSSR count). The van der Waals surface area contributed by atoms with E-state index in [2.05, 4.69) is 19.2 Å². The lowest BCUT2D eigenvalue weighted by Gasteiger charge is -2.32. The van der Waals surface area contributed by atoms with Gasteiger partial charge in [-0.05, 0) is 49.9 Å². The molecule has 1 atom stereocenters. The van der Waals surface area contributed by atoms with Gasteiger partial charge in [0.15, 0.2) is 0 Å². The lowest BCUT2D eigenvalue weighted by atomic mass is 9.94. The number of nitrogens with zero attached hydrogens (tertiary/aromatic N) is 2. The number of sulfonamides is 1. The van der Waals surface area contributed by atoms with Crippen LogP contribution in [0.2, 0.25) is 0 Å². The van der Waals surface area contributed by atoms with Crippen molar-refractivity contribution in [3.05, 3.63) is 29.8 Å². The van der Waals surface area contributed by atoms with E-state index < -0.39 is 10.0 Å². The molecular weight excluding hydrogens is 394 g/mol. The van der Waals surface area contributed by atoms with Crippen molar-refractivity contribution in [3.63, 3.8) is 0 Å². The molecule has 1 aliphatic rings. The van der Waals surface area contributed by atoms with Crippen LogP contribution in [0.5, 0.6) is 0 Å². The molecule has 1 heterocycles. The number of carbonyl (C=O) groups is 2. The average molecular weight is 426 g/mol. The zero-order valence-corrected chi connectivity index (χ0v) is 18.5. The molecule has 1 saturated heterocycles. The molecule has 2 amide bonds. The highest BCUT2D eigenvalue weighted by Crippen LogP contribution is 2.21. The van der Waals surface area contributed by atoms with Crippen molar-refractivity contribution < 1.29 is 22.8 Å². The minimum atomic E-state index is -3.75. The first-order valence-electron chi connectivity index (χ1n) is 9.80. The summed E-state index contributed by atoms with van der Waals surface area (Å²) in [5.41, 5.74) is 0.417. The Morgan fingerprint density at radius 3 is 2.17 bits per heavy atom. The molecule has 0 saturated carbocycles. The molecular formula is C20H31N3O5S. The third kappa shape index (κ3) is 5.55. The standard InChI is InChI=1S/C20H31N3O5S/c1-14(2)15(3)21-19(24)16-10-12-23(13-11-16)20(25)17-6-8-18(9-7-17)29(26,27)22(4)28-5/h6-9,14-16H,10-13H2,1-5H3,(H,21,24). The first-order chi connectivity index (χ1) is 13.6. The first-order valence-corrected chi connectivity index (χ1v) is 11.2. The normalized spacial score (nSPS) is 16.9. The van der Waals surface area contributed by atoms with Crippen LogP contribution in [-0.4, -0.2) is 62.9 Å². The number of likely N-dealkylation sites (tertiary alicyclic amines) is 1. The number of nitrogens with one attached hydrogen (secondary N) is 1. The fraction of sp³-hybridized carbons (Fsp3) is 0.600. The van der Waals surface area contributed by atoms with Crippen LogP contribution in [0.3, 0.4) is 0 Å². The van der Waals surface area contributed by atoms with Crippen LogP contribution < -0.4 is 5.32 Å². The molecule has 0 aliphatic carbocycles.